The molecule has 1 saturated carbocycles. The second kappa shape index (κ2) is 5.76. The Morgan fingerprint density at radius 1 is 1.20 bits per heavy atom. The van der Waals surface area contributed by atoms with Crippen LogP contribution in [0.4, 0.5) is 0 Å². The highest BCUT2D eigenvalue weighted by Gasteiger charge is 2.37. The molecule has 0 spiro atoms. The third-order valence-corrected chi connectivity index (χ3v) is 5.31. The molecule has 1 saturated heterocycles. The number of rotatable bonds is 3. The predicted octanol–water partition coefficient (Wildman–Crippen LogP) is 2.39. The lowest BCUT2D eigenvalue weighted by molar-refractivity contribution is -0.136. The summed E-state index contributed by atoms with van der Waals surface area (Å²) in [5.74, 6) is 1.54. The Kier molecular flexibility index (Phi) is 4.01. The van der Waals surface area contributed by atoms with E-state index in [2.05, 4.69) is 15.1 Å². The van der Waals surface area contributed by atoms with Crippen molar-refractivity contribution in [2.75, 3.05) is 12.8 Å². The third-order valence-electron chi connectivity index (χ3n) is 4.59. The average Bonchev–Trinajstić information content (AvgIpc) is 3.18. The van der Waals surface area contributed by atoms with E-state index in [1.54, 1.807) is 11.8 Å². The maximum absolute atomic E-state index is 12.7. The summed E-state index contributed by atoms with van der Waals surface area (Å²) in [7, 11) is 2.00. The van der Waals surface area contributed by atoms with Crippen LogP contribution >= 0.6 is 11.8 Å². The molecule has 1 aromatic heterocycles. The first-order valence-electron chi connectivity index (χ1n) is 7.46. The number of hydrogen-bond donors (Lipinski definition) is 0. The van der Waals surface area contributed by atoms with Crippen LogP contribution in [0.15, 0.2) is 5.16 Å². The molecule has 110 valence electrons. The van der Waals surface area contributed by atoms with E-state index in [9.17, 15) is 4.79 Å². The van der Waals surface area contributed by atoms with E-state index in [-0.39, 0.29) is 12.0 Å². The maximum atomic E-state index is 12.7. The van der Waals surface area contributed by atoms with Crippen LogP contribution in [0.1, 0.15) is 50.4 Å². The summed E-state index contributed by atoms with van der Waals surface area (Å²) in [6.45, 7) is 0.876. The van der Waals surface area contributed by atoms with Crippen LogP contribution in [0, 0.1) is 5.92 Å². The van der Waals surface area contributed by atoms with Gasteiger partial charge in [0, 0.05) is 19.5 Å². The first kappa shape index (κ1) is 13.9. The van der Waals surface area contributed by atoms with Gasteiger partial charge in [-0.15, -0.1) is 10.2 Å². The number of amides is 1. The molecule has 1 amide bonds. The van der Waals surface area contributed by atoms with Gasteiger partial charge >= 0.3 is 0 Å². The Balaban J connectivity index is 1.81. The number of aromatic nitrogens is 3. The van der Waals surface area contributed by atoms with Gasteiger partial charge in [0.15, 0.2) is 11.0 Å². The lowest BCUT2D eigenvalue weighted by Gasteiger charge is -2.26. The van der Waals surface area contributed by atoms with Gasteiger partial charge in [0.2, 0.25) is 5.91 Å². The fraction of sp³-hybridized carbons (Fsp3) is 0.786. The molecule has 2 fully saturated rings. The third kappa shape index (κ3) is 2.34. The van der Waals surface area contributed by atoms with Gasteiger partial charge in [-0.1, -0.05) is 24.6 Å². The van der Waals surface area contributed by atoms with E-state index < -0.39 is 0 Å². The van der Waals surface area contributed by atoms with Crippen molar-refractivity contribution in [2.45, 2.75) is 49.7 Å². The molecule has 0 bridgehead atoms. The minimum absolute atomic E-state index is 0.126. The molecule has 2 aliphatic rings. The van der Waals surface area contributed by atoms with E-state index in [1.165, 1.54) is 12.8 Å². The largest absolute Gasteiger partial charge is 0.332 e. The van der Waals surface area contributed by atoms with Crippen LogP contribution in [0.25, 0.3) is 0 Å². The van der Waals surface area contributed by atoms with Crippen molar-refractivity contribution in [3.05, 3.63) is 5.82 Å². The molecule has 0 unspecified atom stereocenters. The molecule has 1 atom stereocenters. The molecule has 3 rings (SSSR count). The molecule has 1 aromatic rings. The zero-order valence-electron chi connectivity index (χ0n) is 12.2. The van der Waals surface area contributed by atoms with Crippen LogP contribution in [-0.4, -0.2) is 38.4 Å². The summed E-state index contributed by atoms with van der Waals surface area (Å²) in [6.07, 6.45) is 8.63. The molecule has 6 heteroatoms. The van der Waals surface area contributed by atoms with Crippen molar-refractivity contribution >= 4 is 17.7 Å². The first-order valence-corrected chi connectivity index (χ1v) is 8.68. The second-order valence-corrected chi connectivity index (χ2v) is 6.55. The number of carbonyl (C=O) groups is 1. The van der Waals surface area contributed by atoms with E-state index in [0.717, 1.165) is 43.2 Å². The highest BCUT2D eigenvalue weighted by Crippen LogP contribution is 2.36. The van der Waals surface area contributed by atoms with Crippen LogP contribution in [0.3, 0.4) is 0 Å². The zero-order valence-corrected chi connectivity index (χ0v) is 13.0. The standard InChI is InChI=1S/C14H22N4OS/c1-17-12(15-16-14(17)20-2)11-8-5-9-18(11)13(19)10-6-3-4-7-10/h10-11H,3-9H2,1-2H3/t11-/m0/s1. The Hall–Kier alpha value is -1.04. The van der Waals surface area contributed by atoms with Crippen molar-refractivity contribution in [1.82, 2.24) is 19.7 Å². The zero-order chi connectivity index (χ0) is 14.1. The quantitative estimate of drug-likeness (QED) is 0.803. The first-order chi connectivity index (χ1) is 9.72. The van der Waals surface area contributed by atoms with Gasteiger partial charge in [-0.25, -0.2) is 0 Å². The van der Waals surface area contributed by atoms with Crippen molar-refractivity contribution in [3.63, 3.8) is 0 Å². The number of hydrogen-bond acceptors (Lipinski definition) is 4. The predicted molar refractivity (Wildman–Crippen MR) is 78.4 cm³/mol. The SMILES string of the molecule is CSc1nnc([C@@H]2CCCN2C(=O)C2CCCC2)n1C. The molecular weight excluding hydrogens is 272 g/mol. The highest BCUT2D eigenvalue weighted by atomic mass is 32.2. The number of likely N-dealkylation sites (tertiary alicyclic amines) is 1. The van der Waals surface area contributed by atoms with Gasteiger partial charge in [0.05, 0.1) is 6.04 Å². The number of thioether (sulfide) groups is 1. The normalized spacial score (nSPS) is 23.7. The molecule has 0 aromatic carbocycles. The van der Waals surface area contributed by atoms with Crippen LogP contribution in [0.2, 0.25) is 0 Å². The number of carbonyl (C=O) groups excluding carboxylic acids is 1. The van der Waals surface area contributed by atoms with E-state index in [4.69, 9.17) is 0 Å². The van der Waals surface area contributed by atoms with Crippen molar-refractivity contribution in [1.29, 1.82) is 0 Å². The monoisotopic (exact) mass is 294 g/mol. The summed E-state index contributed by atoms with van der Waals surface area (Å²) in [5, 5.41) is 9.45. The Labute approximate surface area is 124 Å². The van der Waals surface area contributed by atoms with E-state index in [0.29, 0.717) is 5.91 Å². The Morgan fingerprint density at radius 2 is 1.95 bits per heavy atom. The smallest absolute Gasteiger partial charge is 0.226 e. The lowest BCUT2D eigenvalue weighted by atomic mass is 10.1. The minimum Gasteiger partial charge on any atom is -0.332 e. The second-order valence-electron chi connectivity index (χ2n) is 5.77. The van der Waals surface area contributed by atoms with Crippen molar-refractivity contribution in [3.8, 4) is 0 Å². The number of nitrogens with zero attached hydrogens (tertiary/aromatic N) is 4. The van der Waals surface area contributed by atoms with Gasteiger partial charge in [-0.3, -0.25) is 4.79 Å². The fourth-order valence-electron chi connectivity index (χ4n) is 3.50. The molecular formula is C14H22N4OS. The highest BCUT2D eigenvalue weighted by molar-refractivity contribution is 7.98. The minimum atomic E-state index is 0.126. The van der Waals surface area contributed by atoms with Gasteiger partial charge in [0.25, 0.3) is 0 Å². The molecule has 20 heavy (non-hydrogen) atoms. The van der Waals surface area contributed by atoms with E-state index >= 15 is 0 Å². The van der Waals surface area contributed by atoms with Crippen LogP contribution in [0.5, 0.6) is 0 Å². The maximum Gasteiger partial charge on any atom is 0.226 e. The average molecular weight is 294 g/mol. The molecule has 0 radical (unpaired) electrons. The summed E-state index contributed by atoms with van der Waals surface area (Å²) in [6, 6.07) is 0.126. The summed E-state index contributed by atoms with van der Waals surface area (Å²) >= 11 is 1.60. The van der Waals surface area contributed by atoms with Crippen LogP contribution in [-0.2, 0) is 11.8 Å². The topological polar surface area (TPSA) is 51.0 Å². The molecule has 1 aliphatic carbocycles. The van der Waals surface area contributed by atoms with Crippen molar-refractivity contribution in [2.24, 2.45) is 13.0 Å². The Morgan fingerprint density at radius 3 is 2.60 bits per heavy atom. The summed E-state index contributed by atoms with van der Waals surface area (Å²) in [5.41, 5.74) is 0. The summed E-state index contributed by atoms with van der Waals surface area (Å²) < 4.78 is 2.04. The van der Waals surface area contributed by atoms with Gasteiger partial charge < -0.3 is 9.47 Å². The Bertz CT molecular complexity index is 495. The van der Waals surface area contributed by atoms with Crippen LogP contribution < -0.4 is 0 Å². The molecule has 5 nitrogen and oxygen atoms in total. The molecule has 1 aliphatic heterocycles. The molecule has 0 N–H and O–H groups in total. The van der Waals surface area contributed by atoms with E-state index in [1.807, 2.05) is 17.9 Å². The van der Waals surface area contributed by atoms with Gasteiger partial charge in [-0.2, -0.15) is 0 Å². The fourth-order valence-corrected chi connectivity index (χ4v) is 3.99. The lowest BCUT2D eigenvalue weighted by Crippen LogP contribution is -2.35. The van der Waals surface area contributed by atoms with Gasteiger partial charge in [-0.05, 0) is 31.9 Å². The summed E-state index contributed by atoms with van der Waals surface area (Å²) in [4.78, 5) is 14.7. The van der Waals surface area contributed by atoms with Gasteiger partial charge in [0.1, 0.15) is 0 Å². The van der Waals surface area contributed by atoms with Crippen molar-refractivity contribution < 1.29 is 4.79 Å². The molecule has 2 heterocycles.